The van der Waals surface area contributed by atoms with Gasteiger partial charge in [-0.2, -0.15) is 13.2 Å². The molecule has 0 aliphatic rings. The van der Waals surface area contributed by atoms with Crippen molar-refractivity contribution >= 4 is 8.38 Å². The Morgan fingerprint density at radius 2 is 1.40 bits per heavy atom. The van der Waals surface area contributed by atoms with Crippen LogP contribution in [0.25, 0.3) is 0 Å². The van der Waals surface area contributed by atoms with Gasteiger partial charge in [0.1, 0.15) is 0 Å². The van der Waals surface area contributed by atoms with Crippen LogP contribution in [0.2, 0.25) is 0 Å². The van der Waals surface area contributed by atoms with Crippen molar-refractivity contribution in [3.63, 3.8) is 0 Å². The molecule has 10 heavy (non-hydrogen) atoms. The third kappa shape index (κ3) is 4.61. The lowest BCUT2D eigenvalue weighted by Gasteiger charge is -2.20. The maximum atomic E-state index is 11.3. The Morgan fingerprint density at radius 3 is 1.40 bits per heavy atom. The van der Waals surface area contributed by atoms with Crippen LogP contribution >= 0.6 is 0 Å². The van der Waals surface area contributed by atoms with Crippen molar-refractivity contribution < 1.29 is 23.0 Å². The van der Waals surface area contributed by atoms with Gasteiger partial charge in [-0.05, 0) is 15.2 Å². The minimum atomic E-state index is -4.51. The molecule has 0 bridgehead atoms. The minimum absolute atomic E-state index is 0. The maximum absolute atomic E-state index is 11.3. The van der Waals surface area contributed by atoms with Crippen LogP contribution in [-0.2, 0) is 0 Å². The lowest BCUT2D eigenvalue weighted by atomic mass is 10.1. The SMILES string of the molecule is CC(C)(O)C(F)(F)F.F.[3H][B]. The van der Waals surface area contributed by atoms with E-state index in [1.165, 1.54) is 0 Å². The van der Waals surface area contributed by atoms with Crippen LogP contribution in [0.4, 0.5) is 17.9 Å². The van der Waals surface area contributed by atoms with E-state index in [0.717, 1.165) is 0 Å². The zero-order valence-corrected chi connectivity index (χ0v) is 5.57. The summed E-state index contributed by atoms with van der Waals surface area (Å²) in [6.45, 7) is 1.40. The molecule has 0 aromatic heterocycles. The van der Waals surface area contributed by atoms with E-state index in [1.807, 2.05) is 0 Å². The first-order valence-electron chi connectivity index (χ1n) is 2.62. The van der Waals surface area contributed by atoms with Gasteiger partial charge in [-0.1, -0.05) is 0 Å². The molecule has 0 aliphatic carbocycles. The molecule has 0 spiro atoms. The molecule has 0 rings (SSSR count). The highest BCUT2D eigenvalue weighted by atomic mass is 19.4. The average molecular weight is 162 g/mol. The van der Waals surface area contributed by atoms with Gasteiger partial charge in [0.25, 0.3) is 0 Å². The zero-order valence-electron chi connectivity index (χ0n) is 6.57. The fourth-order valence-corrected chi connectivity index (χ4v) is 0. The molecule has 0 unspecified atom stereocenters. The van der Waals surface area contributed by atoms with E-state index in [4.69, 9.17) is 6.44 Å². The standard InChI is InChI=1S/C4H7F3O.BH.FH/c1-3(2,8)4(5,6)7;;/h8H,1-2H3;2*1H/i;1T;. The third-order valence-electron chi connectivity index (χ3n) is 0.694. The second kappa shape index (κ2) is 3.80. The van der Waals surface area contributed by atoms with Gasteiger partial charge in [-0.3, -0.25) is 4.70 Å². The Morgan fingerprint density at radius 1 is 1.30 bits per heavy atom. The van der Waals surface area contributed by atoms with E-state index >= 15 is 0 Å². The first-order valence-corrected chi connectivity index (χ1v) is 2.04. The van der Waals surface area contributed by atoms with Gasteiger partial charge in [-0.15, -0.1) is 0 Å². The normalized spacial score (nSPS) is 12.0. The van der Waals surface area contributed by atoms with Gasteiger partial charge >= 0.3 is 6.18 Å². The summed E-state index contributed by atoms with van der Waals surface area (Å²) in [6, 6.07) is 0. The van der Waals surface area contributed by atoms with Gasteiger partial charge in [0.2, 0.25) is 0 Å². The van der Waals surface area contributed by atoms with E-state index in [-0.39, 0.29) is 4.70 Å². The van der Waals surface area contributed by atoms with Crippen molar-refractivity contribution in [2.24, 2.45) is 0 Å². The van der Waals surface area contributed by atoms with Crippen LogP contribution < -0.4 is 0 Å². The van der Waals surface area contributed by atoms with E-state index < -0.39 is 11.8 Å². The molecule has 0 fully saturated rings. The summed E-state index contributed by atoms with van der Waals surface area (Å²) in [5.74, 6) is 0. The molecular formula is C4H9BF4O. The molecule has 0 aromatic carbocycles. The quantitative estimate of drug-likeness (QED) is 0.413. The Hall–Kier alpha value is -0.255. The molecule has 1 N–H and O–H groups in total. The Bertz CT molecular complexity index is 77.1. The summed E-state index contributed by atoms with van der Waals surface area (Å²) in [6.07, 6.45) is -4.51. The number of hydrogen-bond donors (Lipinski definition) is 1. The zero-order chi connectivity index (χ0) is 9.00. The van der Waals surface area contributed by atoms with Crippen LogP contribution in [0.15, 0.2) is 0 Å². The van der Waals surface area contributed by atoms with Crippen LogP contribution in [0.5, 0.6) is 0 Å². The second-order valence-corrected chi connectivity index (χ2v) is 2.06. The monoisotopic (exact) mass is 162 g/mol. The third-order valence-corrected chi connectivity index (χ3v) is 0.694. The highest BCUT2D eigenvalue weighted by Crippen LogP contribution is 2.28. The highest BCUT2D eigenvalue weighted by Gasteiger charge is 2.45. The Balaban J connectivity index is -0.000000196. The summed E-state index contributed by atoms with van der Waals surface area (Å²) < 4.78 is 39.2. The largest absolute Gasteiger partial charge is 0.416 e. The van der Waals surface area contributed by atoms with Crippen molar-refractivity contribution in [3.8, 4) is 0 Å². The van der Waals surface area contributed by atoms with Gasteiger partial charge < -0.3 is 5.11 Å². The number of alkyl halides is 3. The van der Waals surface area contributed by atoms with E-state index in [2.05, 4.69) is 8.38 Å². The number of hydrogen-bond acceptors (Lipinski definition) is 1. The molecule has 0 saturated carbocycles. The van der Waals surface area contributed by atoms with E-state index in [9.17, 15) is 13.2 Å². The molecule has 1 nitrogen and oxygen atoms in total. The van der Waals surface area contributed by atoms with E-state index in [0.29, 0.717) is 13.8 Å². The average Bonchev–Trinajstić information content (AvgIpc) is 1.66. The van der Waals surface area contributed by atoms with Crippen LogP contribution in [-0.4, -0.2) is 26.6 Å². The summed E-state index contributed by atoms with van der Waals surface area (Å²) in [5, 5.41) is 8.23. The second-order valence-electron chi connectivity index (χ2n) is 2.06. The molecule has 0 saturated heterocycles. The lowest BCUT2D eigenvalue weighted by molar-refractivity contribution is -0.245. The molecule has 0 aromatic rings. The number of halogens is 4. The molecule has 0 amide bonds. The lowest BCUT2D eigenvalue weighted by Crippen LogP contribution is -2.38. The molecule has 6 heteroatoms. The highest BCUT2D eigenvalue weighted by molar-refractivity contribution is 5.75. The Labute approximate surface area is 59.5 Å². The predicted octanol–water partition coefficient (Wildman–Crippen LogP) is 0.824. The van der Waals surface area contributed by atoms with Gasteiger partial charge in [0, 0.05) is 8.38 Å². The summed E-state index contributed by atoms with van der Waals surface area (Å²) in [7, 11) is 3.75. The van der Waals surface area contributed by atoms with Crippen molar-refractivity contribution in [1.29, 1.82) is 1.34 Å². The van der Waals surface area contributed by atoms with Crippen LogP contribution in [0.3, 0.4) is 0 Å². The smallest absolute Gasteiger partial charge is 0.381 e. The topological polar surface area (TPSA) is 20.2 Å². The molecule has 62 valence electrons. The summed E-state index contributed by atoms with van der Waals surface area (Å²) in [4.78, 5) is 0. The summed E-state index contributed by atoms with van der Waals surface area (Å²) in [5.41, 5.74) is -2.56. The minimum Gasteiger partial charge on any atom is -0.381 e. The van der Waals surface area contributed by atoms with Crippen molar-refractivity contribution in [3.05, 3.63) is 0 Å². The summed E-state index contributed by atoms with van der Waals surface area (Å²) >= 11 is 0. The van der Waals surface area contributed by atoms with Crippen LogP contribution in [0, 0.1) is 0 Å². The van der Waals surface area contributed by atoms with Crippen molar-refractivity contribution in [2.75, 3.05) is 0 Å². The maximum Gasteiger partial charge on any atom is 0.416 e. The molecule has 0 heterocycles. The van der Waals surface area contributed by atoms with Gasteiger partial charge in [0.05, 0.1) is 0 Å². The van der Waals surface area contributed by atoms with E-state index in [1.54, 1.807) is 0 Å². The fraction of sp³-hybridized carbons (Fsp3) is 1.00. The van der Waals surface area contributed by atoms with Crippen LogP contribution in [0.1, 0.15) is 13.8 Å². The molecular weight excluding hydrogens is 151 g/mol. The molecule has 0 atom stereocenters. The van der Waals surface area contributed by atoms with Gasteiger partial charge in [-0.25, -0.2) is 0 Å². The first kappa shape index (κ1) is 12.4. The Kier molecular flexibility index (Phi) is 4.72. The molecule has 2 radical (unpaired) electrons. The van der Waals surface area contributed by atoms with Crippen molar-refractivity contribution in [2.45, 2.75) is 25.6 Å². The van der Waals surface area contributed by atoms with Crippen molar-refractivity contribution in [1.82, 2.24) is 0 Å². The molecule has 0 aliphatic heterocycles. The number of rotatable bonds is 0. The predicted molar refractivity (Wildman–Crippen MR) is 32.0 cm³/mol. The fourth-order valence-electron chi connectivity index (χ4n) is 0. The first-order chi connectivity index (χ1) is 4.25. The number of aliphatic hydroxyl groups is 1. The van der Waals surface area contributed by atoms with Gasteiger partial charge in [0.15, 0.2) is 5.60 Å².